The van der Waals surface area contributed by atoms with Gasteiger partial charge >= 0.3 is 12.1 Å². The summed E-state index contributed by atoms with van der Waals surface area (Å²) in [6.45, 7) is 5.98. The minimum Gasteiger partial charge on any atom is -0.466 e. The summed E-state index contributed by atoms with van der Waals surface area (Å²) in [4.78, 5) is 24.1. The van der Waals surface area contributed by atoms with E-state index in [2.05, 4.69) is 4.74 Å². The van der Waals surface area contributed by atoms with Crippen LogP contribution < -0.4 is 0 Å². The molecule has 0 aromatic heterocycles. The van der Waals surface area contributed by atoms with E-state index in [0.29, 0.717) is 18.7 Å². The minimum atomic E-state index is -0.525. The lowest BCUT2D eigenvalue weighted by molar-refractivity contribution is -0.135. The van der Waals surface area contributed by atoms with E-state index in [0.717, 1.165) is 0 Å². The minimum absolute atomic E-state index is 0.422. The highest BCUT2D eigenvalue weighted by Crippen LogP contribution is 2.24. The van der Waals surface area contributed by atoms with Gasteiger partial charge in [0.1, 0.15) is 5.60 Å². The fraction of sp³-hybridized carbons (Fsp3) is 0.636. The van der Waals surface area contributed by atoms with Gasteiger partial charge in [0.25, 0.3) is 0 Å². The van der Waals surface area contributed by atoms with Gasteiger partial charge < -0.3 is 9.47 Å². The van der Waals surface area contributed by atoms with Crippen molar-refractivity contribution < 1.29 is 19.1 Å². The average molecular weight is 227 g/mol. The van der Waals surface area contributed by atoms with Crippen LogP contribution in [-0.2, 0) is 14.3 Å². The van der Waals surface area contributed by atoms with Gasteiger partial charge in [-0.3, -0.25) is 4.90 Å². The van der Waals surface area contributed by atoms with Gasteiger partial charge in [-0.15, -0.1) is 0 Å². The number of rotatable bonds is 1. The van der Waals surface area contributed by atoms with E-state index in [4.69, 9.17) is 4.74 Å². The Hall–Kier alpha value is -1.52. The van der Waals surface area contributed by atoms with Gasteiger partial charge in [-0.2, -0.15) is 0 Å². The molecule has 0 N–H and O–H groups in total. The van der Waals surface area contributed by atoms with E-state index in [9.17, 15) is 9.59 Å². The number of carbonyl (C=O) groups excluding carboxylic acids is 2. The molecule has 0 aliphatic carbocycles. The summed E-state index contributed by atoms with van der Waals surface area (Å²) in [6, 6.07) is 0. The second-order valence-electron chi connectivity index (χ2n) is 4.54. The van der Waals surface area contributed by atoms with Crippen molar-refractivity contribution in [3.8, 4) is 0 Å². The molecule has 0 aromatic carbocycles. The lowest BCUT2D eigenvalue weighted by Gasteiger charge is -2.35. The summed E-state index contributed by atoms with van der Waals surface area (Å²) in [7, 11) is 1.30. The topological polar surface area (TPSA) is 55.8 Å². The largest absolute Gasteiger partial charge is 0.466 e. The van der Waals surface area contributed by atoms with E-state index < -0.39 is 17.7 Å². The van der Waals surface area contributed by atoms with Crippen molar-refractivity contribution in [3.63, 3.8) is 0 Å². The van der Waals surface area contributed by atoms with Crippen molar-refractivity contribution >= 4 is 12.1 Å². The third kappa shape index (κ3) is 3.25. The molecule has 1 aliphatic rings. The third-order valence-corrected chi connectivity index (χ3v) is 2.04. The molecule has 0 unspecified atom stereocenters. The summed E-state index contributed by atoms with van der Waals surface area (Å²) in [5, 5.41) is 0. The highest BCUT2D eigenvalue weighted by atomic mass is 16.6. The molecule has 16 heavy (non-hydrogen) atoms. The molecule has 1 aliphatic heterocycles. The van der Waals surface area contributed by atoms with Crippen LogP contribution in [0.15, 0.2) is 11.8 Å². The first-order valence-corrected chi connectivity index (χ1v) is 5.12. The molecule has 1 saturated heterocycles. The number of amides is 1. The first kappa shape index (κ1) is 12.5. The highest BCUT2D eigenvalue weighted by Gasteiger charge is 2.31. The van der Waals surface area contributed by atoms with E-state index in [1.807, 2.05) is 0 Å². The number of carbonyl (C=O) groups is 2. The zero-order valence-corrected chi connectivity index (χ0v) is 10.1. The Morgan fingerprint density at radius 2 is 2.00 bits per heavy atom. The van der Waals surface area contributed by atoms with Crippen LogP contribution in [0.4, 0.5) is 4.79 Å². The van der Waals surface area contributed by atoms with Gasteiger partial charge in [-0.25, -0.2) is 9.59 Å². The lowest BCUT2D eigenvalue weighted by atomic mass is 10.1. The number of likely N-dealkylation sites (tertiary alicyclic amines) is 1. The van der Waals surface area contributed by atoms with Crippen LogP contribution in [0.25, 0.3) is 0 Å². The predicted octanol–water partition coefficient (Wildman–Crippen LogP) is 1.68. The van der Waals surface area contributed by atoms with Crippen molar-refractivity contribution in [3.05, 3.63) is 11.8 Å². The van der Waals surface area contributed by atoms with Gasteiger partial charge in [-0.05, 0) is 20.8 Å². The molecule has 0 spiro atoms. The number of nitrogens with zero attached hydrogens (tertiary/aromatic N) is 1. The van der Waals surface area contributed by atoms with Crippen LogP contribution in [0, 0.1) is 0 Å². The van der Waals surface area contributed by atoms with E-state index >= 15 is 0 Å². The van der Waals surface area contributed by atoms with Crippen LogP contribution in [0.2, 0.25) is 0 Å². The lowest BCUT2D eigenvalue weighted by Crippen LogP contribution is -2.43. The van der Waals surface area contributed by atoms with Gasteiger partial charge in [0.2, 0.25) is 0 Å². The fourth-order valence-corrected chi connectivity index (χ4v) is 1.22. The highest BCUT2D eigenvalue weighted by molar-refractivity contribution is 5.84. The molecule has 1 heterocycles. The van der Waals surface area contributed by atoms with Gasteiger partial charge in [0.15, 0.2) is 0 Å². The fourth-order valence-electron chi connectivity index (χ4n) is 1.22. The Bertz CT molecular complexity index is 327. The molecule has 1 fully saturated rings. The Labute approximate surface area is 95.0 Å². The molecule has 1 rings (SSSR count). The maximum Gasteiger partial charge on any atom is 0.414 e. The maximum absolute atomic E-state index is 11.6. The molecule has 5 nitrogen and oxygen atoms in total. The second kappa shape index (κ2) is 4.55. The third-order valence-electron chi connectivity index (χ3n) is 2.04. The number of methoxy groups -OCH3 is 1. The van der Waals surface area contributed by atoms with E-state index in [1.54, 1.807) is 20.8 Å². The zero-order chi connectivity index (χ0) is 12.3. The molecule has 5 heteroatoms. The summed E-state index contributed by atoms with van der Waals surface area (Å²) >= 11 is 0. The molecule has 0 radical (unpaired) electrons. The van der Waals surface area contributed by atoms with Crippen LogP contribution in [0.3, 0.4) is 0 Å². The van der Waals surface area contributed by atoms with Crippen molar-refractivity contribution in [2.45, 2.75) is 32.8 Å². The van der Waals surface area contributed by atoms with Crippen LogP contribution in [0.1, 0.15) is 27.2 Å². The summed E-state index contributed by atoms with van der Waals surface area (Å²) < 4.78 is 9.67. The van der Waals surface area contributed by atoms with Gasteiger partial charge in [0, 0.05) is 24.7 Å². The average Bonchev–Trinajstić information content (AvgIpc) is 2.08. The van der Waals surface area contributed by atoms with Gasteiger partial charge in [0.05, 0.1) is 7.11 Å². The summed E-state index contributed by atoms with van der Waals surface area (Å²) in [5.74, 6) is -0.455. The summed E-state index contributed by atoms with van der Waals surface area (Å²) in [5.41, 5.74) is 0.115. The molecule has 0 atom stereocenters. The Balaban J connectivity index is 2.59. The first-order valence-electron chi connectivity index (χ1n) is 5.12. The normalized spacial score (nSPS) is 18.0. The Morgan fingerprint density at radius 1 is 1.38 bits per heavy atom. The SMILES string of the molecule is COC(=O)C=C1CCN1C(=O)OC(C)(C)C. The predicted molar refractivity (Wildman–Crippen MR) is 57.7 cm³/mol. The number of ether oxygens (including phenoxy) is 2. The van der Waals surface area contributed by atoms with Crippen LogP contribution >= 0.6 is 0 Å². The monoisotopic (exact) mass is 227 g/mol. The molecule has 0 aromatic rings. The van der Waals surface area contributed by atoms with E-state index in [-0.39, 0.29) is 0 Å². The quantitative estimate of drug-likeness (QED) is 0.505. The number of hydrogen-bond acceptors (Lipinski definition) is 4. The molecular weight excluding hydrogens is 210 g/mol. The van der Waals surface area contributed by atoms with Crippen molar-refractivity contribution in [1.82, 2.24) is 4.90 Å². The van der Waals surface area contributed by atoms with Crippen LogP contribution in [0.5, 0.6) is 0 Å². The molecule has 0 bridgehead atoms. The van der Waals surface area contributed by atoms with Crippen molar-refractivity contribution in [2.75, 3.05) is 13.7 Å². The molecule has 0 saturated carbocycles. The molecule has 1 amide bonds. The Morgan fingerprint density at radius 3 is 2.38 bits per heavy atom. The summed E-state index contributed by atoms with van der Waals surface area (Å²) in [6.07, 6.45) is 1.58. The second-order valence-corrected chi connectivity index (χ2v) is 4.54. The van der Waals surface area contributed by atoms with E-state index in [1.165, 1.54) is 18.1 Å². The standard InChI is InChI=1S/C11H17NO4/c1-11(2,3)16-10(14)12-6-5-8(12)7-9(13)15-4/h7H,5-6H2,1-4H3. The van der Waals surface area contributed by atoms with Crippen LogP contribution in [-0.4, -0.2) is 36.2 Å². The first-order chi connectivity index (χ1) is 7.33. The zero-order valence-electron chi connectivity index (χ0n) is 10.1. The number of hydrogen-bond donors (Lipinski definition) is 0. The van der Waals surface area contributed by atoms with Crippen molar-refractivity contribution in [1.29, 1.82) is 0 Å². The van der Waals surface area contributed by atoms with Crippen molar-refractivity contribution in [2.24, 2.45) is 0 Å². The Kier molecular flexibility index (Phi) is 3.57. The number of esters is 1. The smallest absolute Gasteiger partial charge is 0.414 e. The maximum atomic E-state index is 11.6. The molecular formula is C11H17NO4. The van der Waals surface area contributed by atoms with Gasteiger partial charge in [-0.1, -0.05) is 0 Å². The molecule has 90 valence electrons.